The van der Waals surface area contributed by atoms with Crippen LogP contribution in [0.4, 0.5) is 0 Å². The first-order valence-corrected chi connectivity index (χ1v) is 5.67. The van der Waals surface area contributed by atoms with E-state index in [9.17, 15) is 0 Å². The van der Waals surface area contributed by atoms with Gasteiger partial charge in [-0.15, -0.1) is 0 Å². The highest BCUT2D eigenvalue weighted by Crippen LogP contribution is 2.03. The van der Waals surface area contributed by atoms with Gasteiger partial charge in [-0.25, -0.2) is 0 Å². The number of aromatic nitrogens is 1. The summed E-state index contributed by atoms with van der Waals surface area (Å²) in [6, 6.07) is 4.09. The molecule has 0 unspecified atom stereocenters. The van der Waals surface area contributed by atoms with E-state index < -0.39 is 0 Å². The van der Waals surface area contributed by atoms with Crippen LogP contribution in [0.3, 0.4) is 0 Å². The minimum absolute atomic E-state index is 0.736. The number of rotatable bonds is 8. The fourth-order valence-electron chi connectivity index (χ4n) is 1.55. The molecule has 0 amide bonds. The molecule has 90 valence electrons. The molecule has 2 N–H and O–H groups in total. The highest BCUT2D eigenvalue weighted by atomic mass is 16.5. The van der Waals surface area contributed by atoms with Crippen molar-refractivity contribution >= 4 is 0 Å². The van der Waals surface area contributed by atoms with E-state index in [1.807, 2.05) is 24.5 Å². The Labute approximate surface area is 97.4 Å². The molecule has 0 aromatic carbocycles. The van der Waals surface area contributed by atoms with Crippen LogP contribution in [0.25, 0.3) is 0 Å². The fourth-order valence-corrected chi connectivity index (χ4v) is 1.55. The highest BCUT2D eigenvalue weighted by molar-refractivity contribution is 5.09. The Morgan fingerprint density at radius 3 is 2.69 bits per heavy atom. The molecule has 16 heavy (non-hydrogen) atoms. The lowest BCUT2D eigenvalue weighted by Crippen LogP contribution is -2.29. The summed E-state index contributed by atoms with van der Waals surface area (Å²) in [6.45, 7) is 4.39. The lowest BCUT2D eigenvalue weighted by molar-refractivity contribution is 0.143. The Morgan fingerprint density at radius 2 is 2.06 bits per heavy atom. The molecule has 1 aromatic rings. The zero-order valence-electron chi connectivity index (χ0n) is 9.93. The summed E-state index contributed by atoms with van der Waals surface area (Å²) in [5.41, 5.74) is 6.81. The van der Waals surface area contributed by atoms with E-state index in [1.54, 1.807) is 7.11 Å². The smallest absolute Gasteiger partial charge is 0.0589 e. The van der Waals surface area contributed by atoms with E-state index in [2.05, 4.69) is 9.88 Å². The molecule has 1 aromatic heterocycles. The summed E-state index contributed by atoms with van der Waals surface area (Å²) in [5, 5.41) is 0. The molecule has 0 saturated heterocycles. The topological polar surface area (TPSA) is 51.4 Å². The van der Waals surface area contributed by atoms with Gasteiger partial charge < -0.3 is 10.5 Å². The van der Waals surface area contributed by atoms with Crippen LogP contribution in [0.15, 0.2) is 24.5 Å². The lowest BCUT2D eigenvalue weighted by atomic mass is 10.2. The molecular weight excluding hydrogens is 202 g/mol. The Kier molecular flexibility index (Phi) is 6.72. The van der Waals surface area contributed by atoms with Crippen LogP contribution in [-0.4, -0.2) is 43.2 Å². The third kappa shape index (κ3) is 5.21. The van der Waals surface area contributed by atoms with Crippen LogP contribution in [0, 0.1) is 0 Å². The number of nitrogens with zero attached hydrogens (tertiary/aromatic N) is 2. The van der Waals surface area contributed by atoms with E-state index in [0.717, 1.165) is 39.2 Å². The van der Waals surface area contributed by atoms with E-state index >= 15 is 0 Å². The van der Waals surface area contributed by atoms with Crippen molar-refractivity contribution < 1.29 is 4.74 Å². The first-order valence-electron chi connectivity index (χ1n) is 5.67. The van der Waals surface area contributed by atoms with Crippen LogP contribution in [0.1, 0.15) is 12.0 Å². The molecule has 4 heteroatoms. The van der Waals surface area contributed by atoms with Crippen molar-refractivity contribution in [1.82, 2.24) is 9.88 Å². The maximum atomic E-state index is 5.53. The highest BCUT2D eigenvalue weighted by Gasteiger charge is 2.04. The van der Waals surface area contributed by atoms with Crippen molar-refractivity contribution in [2.75, 3.05) is 33.4 Å². The average molecular weight is 223 g/mol. The minimum Gasteiger partial charge on any atom is -0.383 e. The van der Waals surface area contributed by atoms with Crippen molar-refractivity contribution in [3.63, 3.8) is 0 Å². The van der Waals surface area contributed by atoms with Gasteiger partial charge in [0.1, 0.15) is 0 Å². The van der Waals surface area contributed by atoms with E-state index in [0.29, 0.717) is 0 Å². The SMILES string of the molecule is COCCN(CCCN)Cc1ccncc1. The molecule has 1 rings (SSSR count). The number of ether oxygens (including phenoxy) is 1. The monoisotopic (exact) mass is 223 g/mol. The molecule has 0 aliphatic carbocycles. The van der Waals surface area contributed by atoms with Crippen molar-refractivity contribution in [2.45, 2.75) is 13.0 Å². The summed E-state index contributed by atoms with van der Waals surface area (Å²) in [6.07, 6.45) is 4.67. The molecule has 0 atom stereocenters. The number of pyridine rings is 1. The number of methoxy groups -OCH3 is 1. The van der Waals surface area contributed by atoms with Crippen LogP contribution in [0.5, 0.6) is 0 Å². The molecule has 0 saturated carbocycles. The second kappa shape index (κ2) is 8.21. The number of nitrogens with two attached hydrogens (primary N) is 1. The quantitative estimate of drug-likeness (QED) is 0.711. The molecule has 0 aliphatic heterocycles. The van der Waals surface area contributed by atoms with Gasteiger partial charge in [0.15, 0.2) is 0 Å². The van der Waals surface area contributed by atoms with Gasteiger partial charge in [0.25, 0.3) is 0 Å². The van der Waals surface area contributed by atoms with Crippen molar-refractivity contribution in [3.8, 4) is 0 Å². The second-order valence-electron chi connectivity index (χ2n) is 3.77. The van der Waals surface area contributed by atoms with Crippen molar-refractivity contribution in [3.05, 3.63) is 30.1 Å². The average Bonchev–Trinajstić information content (AvgIpc) is 2.34. The first kappa shape index (κ1) is 13.1. The fraction of sp³-hybridized carbons (Fsp3) is 0.583. The minimum atomic E-state index is 0.736. The molecule has 1 heterocycles. The Bertz CT molecular complexity index is 258. The molecule has 4 nitrogen and oxygen atoms in total. The molecular formula is C12H21N3O. The van der Waals surface area contributed by atoms with E-state index in [4.69, 9.17) is 10.5 Å². The summed E-state index contributed by atoms with van der Waals surface area (Å²) >= 11 is 0. The molecule has 0 fully saturated rings. The maximum absolute atomic E-state index is 5.53. The van der Waals surface area contributed by atoms with Crippen LogP contribution in [0.2, 0.25) is 0 Å². The number of hydrogen-bond acceptors (Lipinski definition) is 4. The van der Waals surface area contributed by atoms with Crippen LogP contribution >= 0.6 is 0 Å². The summed E-state index contributed by atoms with van der Waals surface area (Å²) in [7, 11) is 1.73. The Balaban J connectivity index is 2.42. The van der Waals surface area contributed by atoms with Gasteiger partial charge in [0, 0.05) is 32.6 Å². The van der Waals surface area contributed by atoms with E-state index in [1.165, 1.54) is 5.56 Å². The predicted octanol–water partition coefficient (Wildman–Crippen LogP) is 0.879. The van der Waals surface area contributed by atoms with Gasteiger partial charge in [0.2, 0.25) is 0 Å². The summed E-state index contributed by atoms with van der Waals surface area (Å²) in [5.74, 6) is 0. The van der Waals surface area contributed by atoms with Gasteiger partial charge in [-0.1, -0.05) is 0 Å². The van der Waals surface area contributed by atoms with Gasteiger partial charge in [-0.3, -0.25) is 9.88 Å². The third-order valence-corrected chi connectivity index (χ3v) is 2.45. The second-order valence-corrected chi connectivity index (χ2v) is 3.77. The zero-order valence-corrected chi connectivity index (χ0v) is 9.93. The summed E-state index contributed by atoms with van der Waals surface area (Å²) < 4.78 is 5.10. The van der Waals surface area contributed by atoms with Gasteiger partial charge in [-0.05, 0) is 37.2 Å². The zero-order chi connectivity index (χ0) is 11.6. The molecule has 0 radical (unpaired) electrons. The van der Waals surface area contributed by atoms with Gasteiger partial charge in [-0.2, -0.15) is 0 Å². The van der Waals surface area contributed by atoms with Crippen molar-refractivity contribution in [1.29, 1.82) is 0 Å². The third-order valence-electron chi connectivity index (χ3n) is 2.45. The Hall–Kier alpha value is -0.970. The maximum Gasteiger partial charge on any atom is 0.0589 e. The first-order chi connectivity index (χ1) is 7.86. The van der Waals surface area contributed by atoms with Crippen LogP contribution < -0.4 is 5.73 Å². The van der Waals surface area contributed by atoms with Crippen molar-refractivity contribution in [2.24, 2.45) is 5.73 Å². The van der Waals surface area contributed by atoms with Gasteiger partial charge >= 0.3 is 0 Å². The molecule has 0 bridgehead atoms. The number of hydrogen-bond donors (Lipinski definition) is 1. The lowest BCUT2D eigenvalue weighted by Gasteiger charge is -2.21. The predicted molar refractivity (Wildman–Crippen MR) is 65.1 cm³/mol. The van der Waals surface area contributed by atoms with Crippen LogP contribution in [-0.2, 0) is 11.3 Å². The normalized spacial score (nSPS) is 10.9. The van der Waals surface area contributed by atoms with E-state index in [-0.39, 0.29) is 0 Å². The summed E-state index contributed by atoms with van der Waals surface area (Å²) in [4.78, 5) is 6.37. The molecule has 0 aliphatic rings. The standard InChI is InChI=1S/C12H21N3O/c1-16-10-9-15(8-2-5-13)11-12-3-6-14-7-4-12/h3-4,6-7H,2,5,8-11,13H2,1H3. The van der Waals surface area contributed by atoms with Gasteiger partial charge in [0.05, 0.1) is 6.61 Å². The molecule has 0 spiro atoms. The Morgan fingerprint density at radius 1 is 1.31 bits per heavy atom. The largest absolute Gasteiger partial charge is 0.383 e.